The minimum Gasteiger partial charge on any atom is -0.360 e. The Bertz CT molecular complexity index is 874. The molecular formula is C26H38N6OS. The second-order valence-corrected chi connectivity index (χ2v) is 12.6. The van der Waals surface area contributed by atoms with Crippen LogP contribution in [-0.4, -0.2) is 82.8 Å². The van der Waals surface area contributed by atoms with Crippen LogP contribution >= 0.6 is 11.5 Å². The molecular weight excluding hydrogens is 444 g/mol. The molecule has 10 heterocycles. The molecule has 8 saturated heterocycles. The lowest BCUT2D eigenvalue weighted by Crippen LogP contribution is -2.59. The Kier molecular flexibility index (Phi) is 5.40. The molecule has 7 nitrogen and oxygen atoms in total. The van der Waals surface area contributed by atoms with Gasteiger partial charge >= 0.3 is 0 Å². The van der Waals surface area contributed by atoms with Gasteiger partial charge in [-0.1, -0.05) is 5.16 Å². The number of hydrogen-bond acceptors (Lipinski definition) is 8. The van der Waals surface area contributed by atoms with Crippen molar-refractivity contribution in [2.75, 3.05) is 62.2 Å². The van der Waals surface area contributed by atoms with E-state index >= 15 is 0 Å². The molecule has 0 aromatic carbocycles. The first-order chi connectivity index (χ1) is 16.7. The summed E-state index contributed by atoms with van der Waals surface area (Å²) < 4.78 is 9.52. The van der Waals surface area contributed by atoms with E-state index in [1.54, 1.807) is 17.7 Å². The normalized spacial score (nSPS) is 40.4. The summed E-state index contributed by atoms with van der Waals surface area (Å²) in [4.78, 5) is 10.4. The summed E-state index contributed by atoms with van der Waals surface area (Å²) in [5, 5.41) is 5.18. The van der Waals surface area contributed by atoms with Gasteiger partial charge < -0.3 is 14.3 Å². The highest BCUT2D eigenvalue weighted by Crippen LogP contribution is 2.46. The van der Waals surface area contributed by atoms with Crippen LogP contribution in [-0.2, 0) is 0 Å². The zero-order valence-corrected chi connectivity index (χ0v) is 21.1. The molecule has 2 unspecified atom stereocenters. The van der Waals surface area contributed by atoms with E-state index in [2.05, 4.69) is 35.2 Å². The molecule has 4 bridgehead atoms. The lowest BCUT2D eigenvalue weighted by molar-refractivity contribution is -0.0158. The molecule has 8 fully saturated rings. The Morgan fingerprint density at radius 1 is 0.765 bits per heavy atom. The summed E-state index contributed by atoms with van der Waals surface area (Å²) in [6, 6.07) is 4.15. The second-order valence-electron chi connectivity index (χ2n) is 11.8. The molecule has 0 saturated carbocycles. The van der Waals surface area contributed by atoms with E-state index in [4.69, 9.17) is 4.52 Å². The molecule has 0 radical (unpaired) electrons. The first kappa shape index (κ1) is 21.6. The highest BCUT2D eigenvalue weighted by Gasteiger charge is 2.50. The van der Waals surface area contributed by atoms with Crippen molar-refractivity contribution in [1.29, 1.82) is 0 Å². The summed E-state index contributed by atoms with van der Waals surface area (Å²) in [6.07, 6.45) is 14.9. The number of nitrogens with zero attached hydrogens (tertiary/aromatic N) is 6. The second kappa shape index (κ2) is 8.49. The van der Waals surface area contributed by atoms with E-state index in [9.17, 15) is 0 Å². The lowest BCUT2D eigenvalue weighted by Gasteiger charge is -2.52. The van der Waals surface area contributed by atoms with Crippen LogP contribution in [0.4, 0.5) is 10.9 Å². The number of piperidine rings is 6. The highest BCUT2D eigenvalue weighted by atomic mass is 32.1. The molecule has 2 aromatic rings. The molecule has 0 aliphatic carbocycles. The SMILES string of the molecule is c1cc(N2CCC3(CC4CCN3CC4)C2)on1.c1cc(N2CCC3(CC4CCN3CC4)C2)sn1. The smallest absolute Gasteiger partial charge is 0.227 e. The number of hydrogen-bond donors (Lipinski definition) is 0. The maximum atomic E-state index is 5.29. The van der Waals surface area contributed by atoms with Crippen molar-refractivity contribution in [3.05, 3.63) is 24.5 Å². The van der Waals surface area contributed by atoms with Crippen LogP contribution in [0.25, 0.3) is 0 Å². The molecule has 0 amide bonds. The Balaban J connectivity index is 0.000000118. The fourth-order valence-electron chi connectivity index (χ4n) is 8.24. The van der Waals surface area contributed by atoms with Gasteiger partial charge in [0, 0.05) is 49.5 Å². The number of rotatable bonds is 2. The molecule has 2 spiro atoms. The van der Waals surface area contributed by atoms with Gasteiger partial charge in [0.2, 0.25) is 5.88 Å². The van der Waals surface area contributed by atoms with Crippen molar-refractivity contribution in [3.63, 3.8) is 0 Å². The van der Waals surface area contributed by atoms with Crippen LogP contribution < -0.4 is 9.80 Å². The van der Waals surface area contributed by atoms with Crippen LogP contribution in [0.2, 0.25) is 0 Å². The van der Waals surface area contributed by atoms with Gasteiger partial charge in [-0.3, -0.25) is 9.80 Å². The molecule has 184 valence electrons. The standard InChI is InChI=1S/C13H19N3O.C13H19N3S/c2*1-5-14-17-12(1)15-8-4-13(10-15)9-11-2-6-16(13)7-3-11/h2*1,5,11H,2-4,6-10H2. The third kappa shape index (κ3) is 3.68. The summed E-state index contributed by atoms with van der Waals surface area (Å²) >= 11 is 1.64. The van der Waals surface area contributed by atoms with Crippen molar-refractivity contribution in [1.82, 2.24) is 19.3 Å². The summed E-state index contributed by atoms with van der Waals surface area (Å²) in [6.45, 7) is 10.1. The van der Waals surface area contributed by atoms with Gasteiger partial charge in [-0.25, -0.2) is 0 Å². The third-order valence-corrected chi connectivity index (χ3v) is 10.9. The van der Waals surface area contributed by atoms with Crippen LogP contribution in [0.15, 0.2) is 29.0 Å². The largest absolute Gasteiger partial charge is 0.360 e. The topological polar surface area (TPSA) is 51.9 Å². The van der Waals surface area contributed by atoms with Crippen LogP contribution in [0.3, 0.4) is 0 Å². The first-order valence-corrected chi connectivity index (χ1v) is 14.3. The van der Waals surface area contributed by atoms with Gasteiger partial charge in [0.05, 0.1) is 6.20 Å². The molecule has 8 aliphatic rings. The summed E-state index contributed by atoms with van der Waals surface area (Å²) in [5.41, 5.74) is 0.971. The molecule has 0 N–H and O–H groups in total. The van der Waals surface area contributed by atoms with Gasteiger partial charge in [-0.05, 0) is 107 Å². The van der Waals surface area contributed by atoms with E-state index in [1.807, 2.05) is 12.3 Å². The van der Waals surface area contributed by atoms with Crippen molar-refractivity contribution in [2.24, 2.45) is 11.8 Å². The maximum absolute atomic E-state index is 5.29. The van der Waals surface area contributed by atoms with Crippen molar-refractivity contribution in [3.8, 4) is 0 Å². The van der Waals surface area contributed by atoms with Gasteiger partial charge in [-0.15, -0.1) is 0 Å². The Hall–Kier alpha value is -1.64. The molecule has 8 aliphatic heterocycles. The van der Waals surface area contributed by atoms with Crippen molar-refractivity contribution in [2.45, 2.75) is 62.4 Å². The first-order valence-electron chi connectivity index (χ1n) is 13.5. The van der Waals surface area contributed by atoms with E-state index in [0.717, 1.165) is 30.8 Å². The molecule has 34 heavy (non-hydrogen) atoms. The van der Waals surface area contributed by atoms with Gasteiger partial charge in [0.1, 0.15) is 5.00 Å². The predicted molar refractivity (Wildman–Crippen MR) is 136 cm³/mol. The number of aromatic nitrogens is 2. The van der Waals surface area contributed by atoms with Gasteiger partial charge in [0.15, 0.2) is 0 Å². The van der Waals surface area contributed by atoms with Crippen LogP contribution in [0.5, 0.6) is 0 Å². The third-order valence-electron chi connectivity index (χ3n) is 10.0. The molecule has 2 atom stereocenters. The maximum Gasteiger partial charge on any atom is 0.227 e. The van der Waals surface area contributed by atoms with E-state index < -0.39 is 0 Å². The monoisotopic (exact) mass is 482 g/mol. The van der Waals surface area contributed by atoms with Crippen LogP contribution in [0.1, 0.15) is 51.4 Å². The van der Waals surface area contributed by atoms with Crippen LogP contribution in [0, 0.1) is 11.8 Å². The molecule has 10 rings (SSSR count). The highest BCUT2D eigenvalue weighted by molar-refractivity contribution is 7.10. The van der Waals surface area contributed by atoms with Crippen molar-refractivity contribution < 1.29 is 4.52 Å². The number of anilines is 2. The minimum atomic E-state index is 0.452. The zero-order valence-electron chi connectivity index (χ0n) is 20.3. The van der Waals surface area contributed by atoms with Crippen molar-refractivity contribution >= 4 is 22.4 Å². The fourth-order valence-corrected chi connectivity index (χ4v) is 8.86. The Morgan fingerprint density at radius 2 is 1.38 bits per heavy atom. The van der Waals surface area contributed by atoms with Gasteiger partial charge in [-0.2, -0.15) is 4.37 Å². The Labute approximate surface area is 207 Å². The summed E-state index contributed by atoms with van der Waals surface area (Å²) in [5.74, 6) is 2.95. The van der Waals surface area contributed by atoms with E-state index in [1.165, 1.54) is 95.6 Å². The fraction of sp³-hybridized carbons (Fsp3) is 0.769. The van der Waals surface area contributed by atoms with E-state index in [-0.39, 0.29) is 0 Å². The lowest BCUT2D eigenvalue weighted by atomic mass is 9.74. The minimum absolute atomic E-state index is 0.452. The predicted octanol–water partition coefficient (Wildman–Crippen LogP) is 3.95. The zero-order chi connectivity index (χ0) is 22.6. The summed E-state index contributed by atoms with van der Waals surface area (Å²) in [7, 11) is 0. The molecule has 8 heteroatoms. The Morgan fingerprint density at radius 3 is 1.88 bits per heavy atom. The quantitative estimate of drug-likeness (QED) is 0.642. The molecule has 2 aromatic heterocycles. The van der Waals surface area contributed by atoms with E-state index in [0.29, 0.717) is 11.1 Å². The average Bonchev–Trinajstić information content (AvgIpc) is 3.69. The number of fused-ring (bicyclic) bond motifs is 4. The average molecular weight is 483 g/mol. The van der Waals surface area contributed by atoms with Gasteiger partial charge in [0.25, 0.3) is 0 Å².